The molecule has 23 heavy (non-hydrogen) atoms. The summed E-state index contributed by atoms with van der Waals surface area (Å²) >= 11 is 0. The average Bonchev–Trinajstić information content (AvgIpc) is 2.56. The largest absolute Gasteiger partial charge is 0.493 e. The number of carbonyl (C=O) groups is 1. The lowest BCUT2D eigenvalue weighted by atomic mass is 10.2. The predicted octanol–water partition coefficient (Wildman–Crippen LogP) is 2.96. The summed E-state index contributed by atoms with van der Waals surface area (Å²) in [7, 11) is 0. The van der Waals surface area contributed by atoms with E-state index in [4.69, 9.17) is 4.74 Å². The molecule has 0 bridgehead atoms. The molecule has 0 fully saturated rings. The fourth-order valence-electron chi connectivity index (χ4n) is 2.03. The van der Waals surface area contributed by atoms with Gasteiger partial charge < -0.3 is 10.1 Å². The maximum absolute atomic E-state index is 11.8. The van der Waals surface area contributed by atoms with Crippen LogP contribution in [-0.4, -0.2) is 25.3 Å². The molecule has 0 spiro atoms. The standard InChI is InChI=1S/C18H21N3O2/c1-3-23-17-11-7-5-9-15(17)12-20-21-18(22)13-19-16-10-6-4-8-14(16)2/h4-12,19H,3,13H2,1-2H3,(H,21,22). The molecule has 0 aliphatic rings. The molecule has 0 aromatic heterocycles. The molecule has 0 saturated carbocycles. The Bertz CT molecular complexity index is 683. The van der Waals surface area contributed by atoms with Crippen LogP contribution in [0.25, 0.3) is 0 Å². The van der Waals surface area contributed by atoms with Gasteiger partial charge in [-0.1, -0.05) is 30.3 Å². The maximum atomic E-state index is 11.8. The number of carbonyl (C=O) groups excluding carboxylic acids is 1. The lowest BCUT2D eigenvalue weighted by molar-refractivity contribution is -0.119. The quantitative estimate of drug-likeness (QED) is 0.610. The summed E-state index contributed by atoms with van der Waals surface area (Å²) in [4.78, 5) is 11.8. The monoisotopic (exact) mass is 311 g/mol. The van der Waals surface area contributed by atoms with Crippen molar-refractivity contribution in [3.05, 3.63) is 59.7 Å². The first-order valence-electron chi connectivity index (χ1n) is 7.54. The molecule has 0 saturated heterocycles. The van der Waals surface area contributed by atoms with Gasteiger partial charge in [-0.15, -0.1) is 0 Å². The Morgan fingerprint density at radius 2 is 1.91 bits per heavy atom. The zero-order valence-corrected chi connectivity index (χ0v) is 13.4. The van der Waals surface area contributed by atoms with Crippen molar-refractivity contribution in [2.24, 2.45) is 5.10 Å². The number of anilines is 1. The minimum Gasteiger partial charge on any atom is -0.493 e. The van der Waals surface area contributed by atoms with Crippen LogP contribution in [0.4, 0.5) is 5.69 Å². The highest BCUT2D eigenvalue weighted by molar-refractivity contribution is 5.86. The van der Waals surface area contributed by atoms with E-state index in [1.807, 2.05) is 62.4 Å². The summed E-state index contributed by atoms with van der Waals surface area (Å²) in [5.41, 5.74) is 5.35. The van der Waals surface area contributed by atoms with Crippen molar-refractivity contribution in [2.45, 2.75) is 13.8 Å². The Kier molecular flexibility index (Phi) is 6.17. The van der Waals surface area contributed by atoms with E-state index in [1.165, 1.54) is 0 Å². The molecular formula is C18H21N3O2. The predicted molar refractivity (Wildman–Crippen MR) is 93.0 cm³/mol. The molecular weight excluding hydrogens is 290 g/mol. The lowest BCUT2D eigenvalue weighted by Crippen LogP contribution is -2.26. The summed E-state index contributed by atoms with van der Waals surface area (Å²) in [6.07, 6.45) is 1.58. The molecule has 2 N–H and O–H groups in total. The highest BCUT2D eigenvalue weighted by atomic mass is 16.5. The molecule has 0 aliphatic carbocycles. The fraction of sp³-hybridized carbons (Fsp3) is 0.222. The zero-order chi connectivity index (χ0) is 16.5. The smallest absolute Gasteiger partial charge is 0.259 e. The maximum Gasteiger partial charge on any atom is 0.259 e. The molecule has 5 nitrogen and oxygen atoms in total. The van der Waals surface area contributed by atoms with E-state index >= 15 is 0 Å². The van der Waals surface area contributed by atoms with Crippen LogP contribution in [0.1, 0.15) is 18.1 Å². The third-order valence-corrected chi connectivity index (χ3v) is 3.20. The number of benzene rings is 2. The van der Waals surface area contributed by atoms with E-state index in [9.17, 15) is 4.79 Å². The van der Waals surface area contributed by atoms with Crippen LogP contribution in [0.15, 0.2) is 53.6 Å². The van der Waals surface area contributed by atoms with Crippen LogP contribution in [0, 0.1) is 6.92 Å². The van der Waals surface area contributed by atoms with E-state index in [2.05, 4.69) is 15.8 Å². The topological polar surface area (TPSA) is 62.7 Å². The van der Waals surface area contributed by atoms with Crippen LogP contribution < -0.4 is 15.5 Å². The second-order valence-corrected chi connectivity index (χ2v) is 4.93. The number of hydrogen-bond donors (Lipinski definition) is 2. The van der Waals surface area contributed by atoms with Crippen molar-refractivity contribution in [1.82, 2.24) is 5.43 Å². The molecule has 120 valence electrons. The molecule has 2 aromatic rings. The second kappa shape index (κ2) is 8.58. The summed E-state index contributed by atoms with van der Waals surface area (Å²) < 4.78 is 5.50. The third kappa shape index (κ3) is 5.14. The van der Waals surface area contributed by atoms with Gasteiger partial charge in [0.05, 0.1) is 19.4 Å². The van der Waals surface area contributed by atoms with Gasteiger partial charge >= 0.3 is 0 Å². The molecule has 1 amide bonds. The first-order chi connectivity index (χ1) is 11.2. The first-order valence-corrected chi connectivity index (χ1v) is 7.54. The van der Waals surface area contributed by atoms with E-state index in [-0.39, 0.29) is 12.5 Å². The van der Waals surface area contributed by atoms with Gasteiger partial charge in [0.25, 0.3) is 5.91 Å². The van der Waals surface area contributed by atoms with E-state index < -0.39 is 0 Å². The normalized spacial score (nSPS) is 10.5. The van der Waals surface area contributed by atoms with Crippen LogP contribution in [0.3, 0.4) is 0 Å². The van der Waals surface area contributed by atoms with Crippen molar-refractivity contribution >= 4 is 17.8 Å². The van der Waals surface area contributed by atoms with Crippen LogP contribution >= 0.6 is 0 Å². The van der Waals surface area contributed by atoms with E-state index in [0.717, 1.165) is 22.6 Å². The minimum absolute atomic E-state index is 0.162. The number of hydrogen-bond acceptors (Lipinski definition) is 4. The Morgan fingerprint density at radius 3 is 2.70 bits per heavy atom. The minimum atomic E-state index is -0.210. The van der Waals surface area contributed by atoms with Crippen molar-refractivity contribution in [3.8, 4) is 5.75 Å². The van der Waals surface area contributed by atoms with Gasteiger partial charge in [-0.05, 0) is 37.6 Å². The number of rotatable bonds is 7. The van der Waals surface area contributed by atoms with Gasteiger partial charge in [0, 0.05) is 11.3 Å². The number of nitrogens with zero attached hydrogens (tertiary/aromatic N) is 1. The molecule has 0 atom stereocenters. The van der Waals surface area contributed by atoms with Gasteiger partial charge in [0.15, 0.2) is 0 Å². The summed E-state index contributed by atoms with van der Waals surface area (Å²) in [5.74, 6) is 0.532. The highest BCUT2D eigenvalue weighted by Crippen LogP contribution is 2.15. The van der Waals surface area contributed by atoms with Gasteiger partial charge in [0.2, 0.25) is 0 Å². The number of nitrogens with one attached hydrogen (secondary N) is 2. The Labute approximate surface area is 136 Å². The SMILES string of the molecule is CCOc1ccccc1C=NNC(=O)CNc1ccccc1C. The van der Waals surface area contributed by atoms with Crippen molar-refractivity contribution in [1.29, 1.82) is 0 Å². The number of hydrazone groups is 1. The molecule has 0 radical (unpaired) electrons. The number of ether oxygens (including phenoxy) is 1. The van der Waals surface area contributed by atoms with Gasteiger partial charge in [-0.3, -0.25) is 4.79 Å². The summed E-state index contributed by atoms with van der Waals surface area (Å²) in [6.45, 7) is 4.66. The van der Waals surface area contributed by atoms with E-state index in [0.29, 0.717) is 6.61 Å². The number of para-hydroxylation sites is 2. The Hall–Kier alpha value is -2.82. The number of amides is 1. The van der Waals surface area contributed by atoms with Gasteiger partial charge in [-0.2, -0.15) is 5.10 Å². The lowest BCUT2D eigenvalue weighted by Gasteiger charge is -2.08. The molecule has 2 aromatic carbocycles. The third-order valence-electron chi connectivity index (χ3n) is 3.20. The first kappa shape index (κ1) is 16.5. The van der Waals surface area contributed by atoms with Gasteiger partial charge in [-0.25, -0.2) is 5.43 Å². The van der Waals surface area contributed by atoms with Crippen LogP contribution in [0.5, 0.6) is 5.75 Å². The zero-order valence-electron chi connectivity index (χ0n) is 13.4. The van der Waals surface area contributed by atoms with Crippen molar-refractivity contribution < 1.29 is 9.53 Å². The Balaban J connectivity index is 1.86. The average molecular weight is 311 g/mol. The molecule has 0 heterocycles. The van der Waals surface area contributed by atoms with Gasteiger partial charge in [0.1, 0.15) is 5.75 Å². The molecule has 0 unspecified atom stereocenters. The number of aryl methyl sites for hydroxylation is 1. The van der Waals surface area contributed by atoms with Crippen molar-refractivity contribution in [3.63, 3.8) is 0 Å². The van der Waals surface area contributed by atoms with E-state index in [1.54, 1.807) is 6.21 Å². The molecule has 5 heteroatoms. The van der Waals surface area contributed by atoms with Crippen LogP contribution in [-0.2, 0) is 4.79 Å². The van der Waals surface area contributed by atoms with Crippen LogP contribution in [0.2, 0.25) is 0 Å². The second-order valence-electron chi connectivity index (χ2n) is 4.93. The molecule has 2 rings (SSSR count). The highest BCUT2D eigenvalue weighted by Gasteiger charge is 2.02. The Morgan fingerprint density at radius 1 is 1.17 bits per heavy atom. The van der Waals surface area contributed by atoms with Crippen molar-refractivity contribution in [2.75, 3.05) is 18.5 Å². The fourth-order valence-corrected chi connectivity index (χ4v) is 2.03. The molecule has 0 aliphatic heterocycles. The summed E-state index contributed by atoms with van der Waals surface area (Å²) in [5, 5.41) is 7.06. The summed E-state index contributed by atoms with van der Waals surface area (Å²) in [6, 6.07) is 15.3.